The maximum absolute atomic E-state index is 13.4. The fourth-order valence-electron chi connectivity index (χ4n) is 2.60. The quantitative estimate of drug-likeness (QED) is 0.758. The van der Waals surface area contributed by atoms with Crippen molar-refractivity contribution in [2.24, 2.45) is 0 Å². The first-order valence-electron chi connectivity index (χ1n) is 7.83. The average molecular weight is 358 g/mol. The molecular formula is C18H21F3O4. The lowest BCUT2D eigenvalue weighted by Gasteiger charge is -2.30. The van der Waals surface area contributed by atoms with Crippen molar-refractivity contribution in [3.8, 4) is 11.5 Å². The number of carbonyl (C=O) groups excluding carboxylic acids is 1. The van der Waals surface area contributed by atoms with Crippen LogP contribution in [0.15, 0.2) is 17.7 Å². The smallest absolute Gasteiger partial charge is 0.430 e. The van der Waals surface area contributed by atoms with E-state index < -0.39 is 23.8 Å². The molecule has 1 aromatic carbocycles. The number of methoxy groups -OCH3 is 1. The van der Waals surface area contributed by atoms with Gasteiger partial charge in [0, 0.05) is 11.1 Å². The lowest BCUT2D eigenvalue weighted by molar-refractivity contribution is -0.187. The Balaban J connectivity index is 2.62. The van der Waals surface area contributed by atoms with Gasteiger partial charge in [0.05, 0.1) is 19.3 Å². The zero-order valence-electron chi connectivity index (χ0n) is 14.8. The highest BCUT2D eigenvalue weighted by atomic mass is 19.4. The van der Waals surface area contributed by atoms with Gasteiger partial charge in [0.2, 0.25) is 6.10 Å². The molecule has 2 rings (SSSR count). The van der Waals surface area contributed by atoms with Crippen LogP contribution in [0, 0.1) is 0 Å². The SMILES string of the molecule is CCOC(=O)C1=Cc2cc(OC)c(C(C)(C)C)cc2OC1C(F)(F)F. The van der Waals surface area contributed by atoms with Crippen LogP contribution in [-0.4, -0.2) is 32.0 Å². The van der Waals surface area contributed by atoms with Gasteiger partial charge < -0.3 is 14.2 Å². The Kier molecular flexibility index (Phi) is 5.06. The Morgan fingerprint density at radius 2 is 1.88 bits per heavy atom. The molecule has 0 amide bonds. The fourth-order valence-corrected chi connectivity index (χ4v) is 2.60. The van der Waals surface area contributed by atoms with Crippen molar-refractivity contribution in [2.75, 3.05) is 13.7 Å². The Morgan fingerprint density at radius 1 is 1.24 bits per heavy atom. The van der Waals surface area contributed by atoms with E-state index >= 15 is 0 Å². The largest absolute Gasteiger partial charge is 0.496 e. The number of ether oxygens (including phenoxy) is 3. The molecule has 25 heavy (non-hydrogen) atoms. The van der Waals surface area contributed by atoms with Crippen LogP contribution in [0.5, 0.6) is 11.5 Å². The van der Waals surface area contributed by atoms with Gasteiger partial charge in [-0.1, -0.05) is 20.8 Å². The molecule has 7 heteroatoms. The van der Waals surface area contributed by atoms with E-state index in [1.807, 2.05) is 20.8 Å². The number of halogens is 3. The predicted molar refractivity (Wildman–Crippen MR) is 86.8 cm³/mol. The average Bonchev–Trinajstić information content (AvgIpc) is 2.50. The Morgan fingerprint density at radius 3 is 2.36 bits per heavy atom. The summed E-state index contributed by atoms with van der Waals surface area (Å²) >= 11 is 0. The minimum absolute atomic E-state index is 0.0279. The molecule has 0 saturated heterocycles. The molecule has 0 N–H and O–H groups in total. The summed E-state index contributed by atoms with van der Waals surface area (Å²) in [4.78, 5) is 11.9. The van der Waals surface area contributed by atoms with E-state index in [1.54, 1.807) is 6.07 Å². The molecule has 1 aliphatic heterocycles. The summed E-state index contributed by atoms with van der Waals surface area (Å²) < 4.78 is 55.4. The van der Waals surface area contributed by atoms with Gasteiger partial charge in [-0.05, 0) is 30.5 Å². The first kappa shape index (κ1) is 19.1. The molecule has 138 valence electrons. The lowest BCUT2D eigenvalue weighted by Crippen LogP contribution is -2.40. The summed E-state index contributed by atoms with van der Waals surface area (Å²) in [6.07, 6.45) is -5.94. The van der Waals surface area contributed by atoms with Gasteiger partial charge in [0.25, 0.3) is 0 Å². The van der Waals surface area contributed by atoms with E-state index in [4.69, 9.17) is 14.2 Å². The maximum atomic E-state index is 13.4. The molecule has 1 heterocycles. The molecule has 0 bridgehead atoms. The van der Waals surface area contributed by atoms with Crippen molar-refractivity contribution < 1.29 is 32.2 Å². The maximum Gasteiger partial charge on any atom is 0.430 e. The standard InChI is InChI=1S/C18H21F3O4/c1-6-24-16(22)11-7-10-8-14(23-5)12(17(2,3)4)9-13(10)25-15(11)18(19,20)21/h7-9,15H,6H2,1-5H3. The molecule has 0 saturated carbocycles. The number of rotatable bonds is 3. The number of hydrogen-bond acceptors (Lipinski definition) is 4. The first-order chi connectivity index (χ1) is 11.5. The third-order valence-electron chi connectivity index (χ3n) is 3.79. The summed E-state index contributed by atoms with van der Waals surface area (Å²) in [6.45, 7) is 7.25. The van der Waals surface area contributed by atoms with E-state index in [0.717, 1.165) is 6.08 Å². The number of fused-ring (bicyclic) bond motifs is 1. The van der Waals surface area contributed by atoms with Crippen LogP contribution in [0.3, 0.4) is 0 Å². The van der Waals surface area contributed by atoms with Gasteiger partial charge in [-0.25, -0.2) is 4.79 Å². The highest BCUT2D eigenvalue weighted by Gasteiger charge is 2.49. The Hall–Kier alpha value is -2.18. The molecule has 1 aliphatic rings. The predicted octanol–water partition coefficient (Wildman–Crippen LogP) is 4.26. The normalized spacial score (nSPS) is 17.3. The highest BCUT2D eigenvalue weighted by Crippen LogP contribution is 2.43. The number of hydrogen-bond donors (Lipinski definition) is 0. The second-order valence-corrected chi connectivity index (χ2v) is 6.70. The number of esters is 1. The van der Waals surface area contributed by atoms with E-state index in [2.05, 4.69) is 0 Å². The summed E-state index contributed by atoms with van der Waals surface area (Å²) in [5.74, 6) is -0.477. The summed E-state index contributed by atoms with van der Waals surface area (Å²) in [7, 11) is 1.48. The van der Waals surface area contributed by atoms with Crippen LogP contribution >= 0.6 is 0 Å². The number of benzene rings is 1. The summed E-state index contributed by atoms with van der Waals surface area (Å²) in [6, 6.07) is 3.10. The monoisotopic (exact) mass is 358 g/mol. The van der Waals surface area contributed by atoms with Crippen LogP contribution < -0.4 is 9.47 Å². The highest BCUT2D eigenvalue weighted by molar-refractivity contribution is 5.96. The lowest BCUT2D eigenvalue weighted by atomic mass is 9.85. The number of alkyl halides is 3. The minimum atomic E-state index is -4.74. The first-order valence-corrected chi connectivity index (χ1v) is 7.83. The Labute approximate surface area is 144 Å². The van der Waals surface area contributed by atoms with Gasteiger partial charge >= 0.3 is 12.1 Å². The molecule has 0 spiro atoms. The zero-order chi connectivity index (χ0) is 19.0. The fraction of sp³-hybridized carbons (Fsp3) is 0.500. The van der Waals surface area contributed by atoms with Crippen LogP contribution in [0.2, 0.25) is 0 Å². The molecule has 4 nitrogen and oxygen atoms in total. The Bertz CT molecular complexity index is 699. The van der Waals surface area contributed by atoms with Gasteiger partial charge in [0.15, 0.2) is 0 Å². The van der Waals surface area contributed by atoms with Crippen molar-refractivity contribution in [3.63, 3.8) is 0 Å². The van der Waals surface area contributed by atoms with E-state index in [1.165, 1.54) is 20.1 Å². The van der Waals surface area contributed by atoms with Crippen LogP contribution in [0.4, 0.5) is 13.2 Å². The van der Waals surface area contributed by atoms with E-state index in [0.29, 0.717) is 16.9 Å². The van der Waals surface area contributed by atoms with Crippen molar-refractivity contribution in [3.05, 3.63) is 28.8 Å². The van der Waals surface area contributed by atoms with E-state index in [9.17, 15) is 18.0 Å². The third-order valence-corrected chi connectivity index (χ3v) is 3.79. The molecule has 0 fully saturated rings. The second kappa shape index (κ2) is 6.61. The van der Waals surface area contributed by atoms with E-state index in [-0.39, 0.29) is 17.8 Å². The molecule has 0 aromatic heterocycles. The van der Waals surface area contributed by atoms with Crippen molar-refractivity contribution >= 4 is 12.0 Å². The van der Waals surface area contributed by atoms with Gasteiger partial charge in [-0.3, -0.25) is 0 Å². The topological polar surface area (TPSA) is 44.8 Å². The molecule has 1 aromatic rings. The van der Waals surface area contributed by atoms with Crippen molar-refractivity contribution in [1.29, 1.82) is 0 Å². The molecule has 0 radical (unpaired) electrons. The second-order valence-electron chi connectivity index (χ2n) is 6.70. The van der Waals surface area contributed by atoms with Crippen LogP contribution in [0.1, 0.15) is 38.8 Å². The van der Waals surface area contributed by atoms with Gasteiger partial charge in [-0.2, -0.15) is 13.2 Å². The number of carbonyl (C=O) groups is 1. The molecule has 1 unspecified atom stereocenters. The van der Waals surface area contributed by atoms with Crippen LogP contribution in [0.25, 0.3) is 6.08 Å². The van der Waals surface area contributed by atoms with Gasteiger partial charge in [-0.15, -0.1) is 0 Å². The summed E-state index contributed by atoms with van der Waals surface area (Å²) in [5, 5.41) is 0. The van der Waals surface area contributed by atoms with Crippen LogP contribution in [-0.2, 0) is 14.9 Å². The van der Waals surface area contributed by atoms with Crippen molar-refractivity contribution in [2.45, 2.75) is 45.4 Å². The summed E-state index contributed by atoms with van der Waals surface area (Å²) in [5.41, 5.74) is 0.117. The third kappa shape index (κ3) is 3.91. The molecule has 0 aliphatic carbocycles. The molecule has 1 atom stereocenters. The zero-order valence-corrected chi connectivity index (χ0v) is 14.8. The van der Waals surface area contributed by atoms with Crippen molar-refractivity contribution in [1.82, 2.24) is 0 Å². The van der Waals surface area contributed by atoms with Gasteiger partial charge in [0.1, 0.15) is 11.5 Å². The minimum Gasteiger partial charge on any atom is -0.496 e. The molecular weight excluding hydrogens is 337 g/mol.